The molecule has 1 fully saturated rings. The minimum Gasteiger partial charge on any atom is -0.478 e. The average Bonchev–Trinajstić information content (AvgIpc) is 2.36. The Morgan fingerprint density at radius 3 is 2.65 bits per heavy atom. The second kappa shape index (κ2) is 5.71. The highest BCUT2D eigenvalue weighted by Gasteiger charge is 2.31. The van der Waals surface area contributed by atoms with Crippen LogP contribution in [0.15, 0.2) is 18.2 Å². The molecule has 1 aliphatic rings. The van der Waals surface area contributed by atoms with Gasteiger partial charge in [-0.15, -0.1) is 0 Å². The van der Waals surface area contributed by atoms with Crippen molar-refractivity contribution >= 4 is 29.3 Å². The number of rotatable bonds is 4. The van der Waals surface area contributed by atoms with Crippen LogP contribution >= 0.6 is 11.6 Å². The van der Waals surface area contributed by atoms with Crippen molar-refractivity contribution in [2.24, 2.45) is 5.41 Å². The monoisotopic (exact) mass is 296 g/mol. The normalized spacial score (nSPS) is 16.1. The van der Waals surface area contributed by atoms with E-state index in [0.29, 0.717) is 12.2 Å². The number of carboxylic acids is 1. The van der Waals surface area contributed by atoms with E-state index in [-0.39, 0.29) is 22.0 Å². The van der Waals surface area contributed by atoms with Gasteiger partial charge in [0.15, 0.2) is 0 Å². The lowest BCUT2D eigenvalue weighted by molar-refractivity contribution is 0.0697. The van der Waals surface area contributed by atoms with Crippen molar-refractivity contribution in [2.75, 3.05) is 11.9 Å². The van der Waals surface area contributed by atoms with Gasteiger partial charge < -0.3 is 15.7 Å². The van der Waals surface area contributed by atoms with Gasteiger partial charge in [0.05, 0.1) is 10.6 Å². The number of urea groups is 1. The van der Waals surface area contributed by atoms with Gasteiger partial charge in [-0.1, -0.05) is 24.9 Å². The van der Waals surface area contributed by atoms with E-state index < -0.39 is 5.97 Å². The summed E-state index contributed by atoms with van der Waals surface area (Å²) < 4.78 is 0. The average molecular weight is 297 g/mol. The van der Waals surface area contributed by atoms with Crippen LogP contribution in [0.3, 0.4) is 0 Å². The van der Waals surface area contributed by atoms with Gasteiger partial charge >= 0.3 is 12.0 Å². The van der Waals surface area contributed by atoms with E-state index in [0.717, 1.165) is 12.8 Å². The van der Waals surface area contributed by atoms with E-state index in [1.807, 2.05) is 0 Å². The summed E-state index contributed by atoms with van der Waals surface area (Å²) in [5, 5.41) is 14.5. The number of carbonyl (C=O) groups is 2. The Balaban J connectivity index is 1.94. The molecule has 0 aliphatic heterocycles. The molecule has 5 nitrogen and oxygen atoms in total. The molecule has 0 atom stereocenters. The predicted molar refractivity (Wildman–Crippen MR) is 77.4 cm³/mol. The number of hydrogen-bond donors (Lipinski definition) is 3. The first-order chi connectivity index (χ1) is 9.39. The summed E-state index contributed by atoms with van der Waals surface area (Å²) in [6.45, 7) is 2.76. The second-order valence-corrected chi connectivity index (χ2v) is 5.88. The molecule has 3 N–H and O–H groups in total. The lowest BCUT2D eigenvalue weighted by Crippen LogP contribution is -2.41. The Morgan fingerprint density at radius 2 is 2.10 bits per heavy atom. The second-order valence-electron chi connectivity index (χ2n) is 5.47. The zero-order chi connectivity index (χ0) is 14.8. The van der Waals surface area contributed by atoms with Gasteiger partial charge in [-0.2, -0.15) is 0 Å². The third-order valence-corrected chi connectivity index (χ3v) is 4.02. The molecule has 1 aromatic carbocycles. The Hall–Kier alpha value is -1.75. The van der Waals surface area contributed by atoms with Crippen molar-refractivity contribution in [3.8, 4) is 0 Å². The fourth-order valence-corrected chi connectivity index (χ4v) is 2.39. The van der Waals surface area contributed by atoms with Crippen LogP contribution in [0.25, 0.3) is 0 Å². The molecule has 0 radical (unpaired) electrons. The first kappa shape index (κ1) is 14.7. The van der Waals surface area contributed by atoms with E-state index >= 15 is 0 Å². The number of amides is 2. The number of carbonyl (C=O) groups excluding carboxylic acids is 1. The SMILES string of the molecule is CC1(CNC(=O)Nc2ccc(Cl)c(C(=O)O)c2)CCC1. The molecule has 1 aromatic rings. The lowest BCUT2D eigenvalue weighted by atomic mass is 9.70. The molecule has 0 unspecified atom stereocenters. The number of halogens is 1. The van der Waals surface area contributed by atoms with Crippen LogP contribution in [0.5, 0.6) is 0 Å². The molecule has 20 heavy (non-hydrogen) atoms. The minimum atomic E-state index is -1.12. The third-order valence-electron chi connectivity index (χ3n) is 3.69. The number of anilines is 1. The zero-order valence-electron chi connectivity index (χ0n) is 11.2. The highest BCUT2D eigenvalue weighted by molar-refractivity contribution is 6.33. The molecule has 6 heteroatoms. The van der Waals surface area contributed by atoms with Gasteiger partial charge in [0.25, 0.3) is 0 Å². The maximum atomic E-state index is 11.8. The van der Waals surface area contributed by atoms with Crippen LogP contribution in [0.1, 0.15) is 36.5 Å². The van der Waals surface area contributed by atoms with Gasteiger partial charge in [0.2, 0.25) is 0 Å². The molecule has 0 heterocycles. The van der Waals surface area contributed by atoms with E-state index in [2.05, 4.69) is 17.6 Å². The number of carboxylic acid groups (broad SMARTS) is 1. The smallest absolute Gasteiger partial charge is 0.337 e. The predicted octanol–water partition coefficient (Wildman–Crippen LogP) is 3.35. The van der Waals surface area contributed by atoms with Crippen LogP contribution in [0.2, 0.25) is 5.02 Å². The summed E-state index contributed by atoms with van der Waals surface area (Å²) in [6, 6.07) is 4.03. The summed E-state index contributed by atoms with van der Waals surface area (Å²) in [4.78, 5) is 22.7. The van der Waals surface area contributed by atoms with Crippen molar-refractivity contribution in [1.29, 1.82) is 0 Å². The van der Waals surface area contributed by atoms with Gasteiger partial charge in [-0.05, 0) is 36.5 Å². The molecule has 2 rings (SSSR count). The molecule has 108 valence electrons. The molecule has 0 aromatic heterocycles. The minimum absolute atomic E-state index is 0.0320. The van der Waals surface area contributed by atoms with Crippen molar-refractivity contribution in [2.45, 2.75) is 26.2 Å². The highest BCUT2D eigenvalue weighted by Crippen LogP contribution is 2.39. The number of hydrogen-bond acceptors (Lipinski definition) is 2. The molecular weight excluding hydrogens is 280 g/mol. The summed E-state index contributed by atoms with van der Waals surface area (Å²) in [5.41, 5.74) is 0.572. The third kappa shape index (κ3) is 3.42. The highest BCUT2D eigenvalue weighted by atomic mass is 35.5. The Morgan fingerprint density at radius 1 is 1.40 bits per heavy atom. The Labute approximate surface area is 122 Å². The first-order valence-electron chi connectivity index (χ1n) is 6.47. The maximum Gasteiger partial charge on any atom is 0.337 e. The molecule has 0 saturated heterocycles. The summed E-state index contributed by atoms with van der Waals surface area (Å²) >= 11 is 5.77. The van der Waals surface area contributed by atoms with E-state index in [4.69, 9.17) is 16.7 Å². The maximum absolute atomic E-state index is 11.8. The van der Waals surface area contributed by atoms with Gasteiger partial charge in [-0.25, -0.2) is 9.59 Å². The molecule has 0 bridgehead atoms. The summed E-state index contributed by atoms with van der Waals surface area (Å²) in [7, 11) is 0. The number of benzene rings is 1. The van der Waals surface area contributed by atoms with Crippen LogP contribution < -0.4 is 10.6 Å². The van der Waals surface area contributed by atoms with Crippen LogP contribution in [-0.2, 0) is 0 Å². The van der Waals surface area contributed by atoms with Crippen molar-refractivity contribution in [1.82, 2.24) is 5.32 Å². The van der Waals surface area contributed by atoms with E-state index in [1.54, 1.807) is 6.07 Å². The standard InChI is InChI=1S/C14H17ClN2O3/c1-14(5-2-6-14)8-16-13(20)17-9-3-4-11(15)10(7-9)12(18)19/h3-4,7H,2,5-6,8H2,1H3,(H,18,19)(H2,16,17,20). The summed E-state index contributed by atoms with van der Waals surface area (Å²) in [6.07, 6.45) is 3.45. The summed E-state index contributed by atoms with van der Waals surface area (Å²) in [5.74, 6) is -1.12. The van der Waals surface area contributed by atoms with Crippen LogP contribution in [0, 0.1) is 5.41 Å². The lowest BCUT2D eigenvalue weighted by Gasteiger charge is -2.38. The Kier molecular flexibility index (Phi) is 4.18. The fraction of sp³-hybridized carbons (Fsp3) is 0.429. The topological polar surface area (TPSA) is 78.4 Å². The molecule has 1 saturated carbocycles. The fourth-order valence-electron chi connectivity index (χ4n) is 2.19. The molecular formula is C14H17ClN2O3. The van der Waals surface area contributed by atoms with Crippen molar-refractivity contribution < 1.29 is 14.7 Å². The Bertz CT molecular complexity index is 541. The zero-order valence-corrected chi connectivity index (χ0v) is 12.0. The van der Waals surface area contributed by atoms with Gasteiger partial charge in [-0.3, -0.25) is 0 Å². The molecule has 1 aliphatic carbocycles. The first-order valence-corrected chi connectivity index (χ1v) is 6.85. The van der Waals surface area contributed by atoms with E-state index in [1.165, 1.54) is 18.6 Å². The molecule has 0 spiro atoms. The van der Waals surface area contributed by atoms with Crippen LogP contribution in [-0.4, -0.2) is 23.7 Å². The number of aromatic carboxylic acids is 1. The van der Waals surface area contributed by atoms with Gasteiger partial charge in [0.1, 0.15) is 0 Å². The quantitative estimate of drug-likeness (QED) is 0.797. The van der Waals surface area contributed by atoms with Gasteiger partial charge in [0, 0.05) is 12.2 Å². The number of nitrogens with one attached hydrogen (secondary N) is 2. The van der Waals surface area contributed by atoms with Crippen molar-refractivity contribution in [3.63, 3.8) is 0 Å². The van der Waals surface area contributed by atoms with E-state index in [9.17, 15) is 9.59 Å². The largest absolute Gasteiger partial charge is 0.478 e. The van der Waals surface area contributed by atoms with Crippen molar-refractivity contribution in [3.05, 3.63) is 28.8 Å². The molecule has 2 amide bonds. The van der Waals surface area contributed by atoms with Crippen LogP contribution in [0.4, 0.5) is 10.5 Å².